The zero-order valence-electron chi connectivity index (χ0n) is 12.3. The second-order valence-electron chi connectivity index (χ2n) is 6.12. The largest absolute Gasteiger partial charge is 0.469 e. The van der Waals surface area contributed by atoms with E-state index in [1.165, 1.54) is 5.56 Å². The Morgan fingerprint density at radius 2 is 2.09 bits per heavy atom. The molecule has 0 unspecified atom stereocenters. The third kappa shape index (κ3) is 2.59. The summed E-state index contributed by atoms with van der Waals surface area (Å²) in [5.74, 6) is 1.87. The fourth-order valence-electron chi connectivity index (χ4n) is 3.33. The molecule has 2 aromatic rings. The highest BCUT2D eigenvalue weighted by Gasteiger charge is 2.55. The number of esters is 1. The Kier molecular flexibility index (Phi) is 3.34. The van der Waals surface area contributed by atoms with E-state index < -0.39 is 0 Å². The lowest BCUT2D eigenvalue weighted by atomic mass is 10.1. The van der Waals surface area contributed by atoms with Crippen LogP contribution in [-0.2, 0) is 22.6 Å². The van der Waals surface area contributed by atoms with Crippen LogP contribution in [0.4, 0.5) is 0 Å². The molecule has 3 atom stereocenters. The van der Waals surface area contributed by atoms with Gasteiger partial charge >= 0.3 is 5.97 Å². The van der Waals surface area contributed by atoms with E-state index in [1.807, 2.05) is 24.3 Å². The minimum absolute atomic E-state index is 0.0647. The summed E-state index contributed by atoms with van der Waals surface area (Å²) in [5, 5.41) is 0. The predicted octanol–water partition coefficient (Wildman–Crippen LogP) is 3.74. The van der Waals surface area contributed by atoms with Crippen LogP contribution in [0.5, 0.6) is 0 Å². The molecular formula is C19H18O3. The first kappa shape index (κ1) is 13.4. The highest BCUT2D eigenvalue weighted by Crippen LogP contribution is 2.54. The highest BCUT2D eigenvalue weighted by molar-refractivity contribution is 5.77. The Morgan fingerprint density at radius 3 is 2.86 bits per heavy atom. The van der Waals surface area contributed by atoms with Crippen LogP contribution in [0.15, 0.2) is 59.2 Å². The maximum atomic E-state index is 12.0. The van der Waals surface area contributed by atoms with Crippen LogP contribution in [0.1, 0.15) is 23.3 Å². The molecule has 0 N–H and O–H groups in total. The van der Waals surface area contributed by atoms with Gasteiger partial charge in [-0.1, -0.05) is 42.5 Å². The van der Waals surface area contributed by atoms with Crippen molar-refractivity contribution in [2.75, 3.05) is 0 Å². The minimum atomic E-state index is -0.0647. The molecule has 22 heavy (non-hydrogen) atoms. The lowest BCUT2D eigenvalue weighted by Crippen LogP contribution is -2.09. The van der Waals surface area contributed by atoms with Gasteiger partial charge in [0.05, 0.1) is 12.2 Å². The Balaban J connectivity index is 1.31. The normalized spacial score (nSPS) is 25.0. The van der Waals surface area contributed by atoms with Crippen molar-refractivity contribution >= 4 is 5.97 Å². The number of furan rings is 1. The van der Waals surface area contributed by atoms with Gasteiger partial charge in [-0.05, 0) is 29.9 Å². The van der Waals surface area contributed by atoms with E-state index >= 15 is 0 Å². The third-order valence-electron chi connectivity index (χ3n) is 4.58. The summed E-state index contributed by atoms with van der Waals surface area (Å²) in [6.07, 6.45) is 7.76. The van der Waals surface area contributed by atoms with E-state index in [0.29, 0.717) is 18.4 Å². The van der Waals surface area contributed by atoms with E-state index in [1.54, 1.807) is 6.26 Å². The fourth-order valence-corrected chi connectivity index (χ4v) is 3.33. The van der Waals surface area contributed by atoms with Crippen LogP contribution in [0.3, 0.4) is 0 Å². The van der Waals surface area contributed by atoms with Gasteiger partial charge in [0.2, 0.25) is 0 Å². The van der Waals surface area contributed by atoms with E-state index in [4.69, 9.17) is 9.15 Å². The SMILES string of the molecule is O=C(OCc1coc(Cc2ccccc2)c1)[C@@H]1[C@H]2C=CC[C@H]21. The van der Waals surface area contributed by atoms with Crippen LogP contribution in [0, 0.1) is 17.8 Å². The molecule has 1 heterocycles. The van der Waals surface area contributed by atoms with Crippen molar-refractivity contribution in [1.29, 1.82) is 0 Å². The molecule has 1 saturated carbocycles. The van der Waals surface area contributed by atoms with E-state index in [0.717, 1.165) is 24.2 Å². The van der Waals surface area contributed by atoms with Crippen molar-refractivity contribution in [3.8, 4) is 0 Å². The molecule has 3 nitrogen and oxygen atoms in total. The number of ether oxygens (including phenoxy) is 1. The van der Waals surface area contributed by atoms with Gasteiger partial charge in [-0.3, -0.25) is 4.79 Å². The molecule has 112 valence electrons. The van der Waals surface area contributed by atoms with Gasteiger partial charge < -0.3 is 9.15 Å². The van der Waals surface area contributed by atoms with Gasteiger partial charge in [0, 0.05) is 12.0 Å². The maximum absolute atomic E-state index is 12.0. The summed E-state index contributed by atoms with van der Waals surface area (Å²) < 4.78 is 11.0. The van der Waals surface area contributed by atoms with Gasteiger partial charge in [-0.2, -0.15) is 0 Å². The monoisotopic (exact) mass is 294 g/mol. The predicted molar refractivity (Wildman–Crippen MR) is 82.0 cm³/mol. The molecule has 4 rings (SSSR count). The molecule has 0 amide bonds. The van der Waals surface area contributed by atoms with Crippen LogP contribution >= 0.6 is 0 Å². The average molecular weight is 294 g/mol. The number of benzene rings is 1. The summed E-state index contributed by atoms with van der Waals surface area (Å²) in [4.78, 5) is 12.0. The molecule has 1 aromatic carbocycles. The van der Waals surface area contributed by atoms with Gasteiger partial charge in [0.25, 0.3) is 0 Å². The Hall–Kier alpha value is -2.29. The van der Waals surface area contributed by atoms with Crippen LogP contribution in [0.2, 0.25) is 0 Å². The highest BCUT2D eigenvalue weighted by atomic mass is 16.5. The molecule has 0 radical (unpaired) electrons. The smallest absolute Gasteiger partial charge is 0.310 e. The Labute approximate surface area is 129 Å². The van der Waals surface area contributed by atoms with Gasteiger partial charge in [-0.15, -0.1) is 0 Å². The molecular weight excluding hydrogens is 276 g/mol. The van der Waals surface area contributed by atoms with E-state index in [-0.39, 0.29) is 11.9 Å². The first-order valence-corrected chi connectivity index (χ1v) is 7.75. The van der Waals surface area contributed by atoms with Crippen molar-refractivity contribution in [3.63, 3.8) is 0 Å². The lowest BCUT2D eigenvalue weighted by molar-refractivity contribution is -0.147. The first-order valence-electron chi connectivity index (χ1n) is 7.75. The van der Waals surface area contributed by atoms with Gasteiger partial charge in [-0.25, -0.2) is 0 Å². The lowest BCUT2D eigenvalue weighted by Gasteiger charge is -2.02. The number of carbonyl (C=O) groups excluding carboxylic acids is 1. The first-order chi connectivity index (χ1) is 10.8. The Morgan fingerprint density at radius 1 is 1.23 bits per heavy atom. The number of fused-ring (bicyclic) bond motifs is 1. The van der Waals surface area contributed by atoms with Crippen molar-refractivity contribution in [1.82, 2.24) is 0 Å². The summed E-state index contributed by atoms with van der Waals surface area (Å²) >= 11 is 0. The second kappa shape index (κ2) is 5.48. The third-order valence-corrected chi connectivity index (χ3v) is 4.58. The topological polar surface area (TPSA) is 39.4 Å². The average Bonchev–Trinajstić information content (AvgIpc) is 2.91. The number of rotatable bonds is 5. The summed E-state index contributed by atoms with van der Waals surface area (Å²) in [6.45, 7) is 0.302. The number of carbonyl (C=O) groups is 1. The van der Waals surface area contributed by atoms with Gasteiger partial charge in [0.1, 0.15) is 12.4 Å². The van der Waals surface area contributed by atoms with Crippen molar-refractivity contribution < 1.29 is 13.9 Å². The molecule has 3 heteroatoms. The zero-order valence-corrected chi connectivity index (χ0v) is 12.3. The van der Waals surface area contributed by atoms with Crippen LogP contribution < -0.4 is 0 Å². The molecule has 0 saturated heterocycles. The van der Waals surface area contributed by atoms with E-state index in [2.05, 4.69) is 24.3 Å². The van der Waals surface area contributed by atoms with Crippen molar-refractivity contribution in [2.24, 2.45) is 17.8 Å². The Bertz CT molecular complexity index is 698. The molecule has 1 fully saturated rings. The standard InChI is InChI=1S/C19H18O3/c20-19(18-16-7-4-8-17(16)18)22-12-14-10-15(21-11-14)9-13-5-2-1-3-6-13/h1-7,10-11,16-18H,8-9,12H2/t16-,17+,18+/m0/s1. The number of allylic oxidation sites excluding steroid dienone is 2. The second-order valence-corrected chi connectivity index (χ2v) is 6.12. The molecule has 2 aliphatic carbocycles. The molecule has 0 bridgehead atoms. The van der Waals surface area contributed by atoms with Crippen molar-refractivity contribution in [2.45, 2.75) is 19.4 Å². The van der Waals surface area contributed by atoms with Crippen LogP contribution in [-0.4, -0.2) is 5.97 Å². The quantitative estimate of drug-likeness (QED) is 0.623. The van der Waals surface area contributed by atoms with Gasteiger partial charge in [0.15, 0.2) is 0 Å². The van der Waals surface area contributed by atoms with Crippen LogP contribution in [0.25, 0.3) is 0 Å². The minimum Gasteiger partial charge on any atom is -0.469 e. The summed E-state index contributed by atoms with van der Waals surface area (Å²) in [7, 11) is 0. The molecule has 1 aromatic heterocycles. The maximum Gasteiger partial charge on any atom is 0.310 e. The van der Waals surface area contributed by atoms with E-state index in [9.17, 15) is 4.79 Å². The summed E-state index contributed by atoms with van der Waals surface area (Å²) in [5.41, 5.74) is 2.12. The summed E-state index contributed by atoms with van der Waals surface area (Å²) in [6, 6.07) is 12.1. The number of hydrogen-bond donors (Lipinski definition) is 0. The zero-order chi connectivity index (χ0) is 14.9. The molecule has 2 aliphatic rings. The number of hydrogen-bond acceptors (Lipinski definition) is 3. The fraction of sp³-hybridized carbons (Fsp3) is 0.316. The van der Waals surface area contributed by atoms with Crippen molar-refractivity contribution in [3.05, 3.63) is 71.7 Å². The molecule has 0 spiro atoms. The molecule has 0 aliphatic heterocycles.